The van der Waals surface area contributed by atoms with Gasteiger partial charge in [0, 0.05) is 36.5 Å². The maximum atomic E-state index is 14.9. The van der Waals surface area contributed by atoms with Crippen LogP contribution in [-0.4, -0.2) is 51.4 Å². The van der Waals surface area contributed by atoms with Crippen molar-refractivity contribution in [3.8, 4) is 28.1 Å². The number of rotatable bonds is 4. The number of piperidine rings is 1. The van der Waals surface area contributed by atoms with E-state index in [0.29, 0.717) is 23.1 Å². The number of phenolic OH excluding ortho intramolecular Hbond substituents is 1. The van der Waals surface area contributed by atoms with Crippen LogP contribution in [0, 0.1) is 6.92 Å². The Morgan fingerprint density at radius 1 is 1.12 bits per heavy atom. The van der Waals surface area contributed by atoms with Crippen molar-refractivity contribution in [1.82, 2.24) is 20.3 Å². The monoisotopic (exact) mass is 435 g/mol. The van der Waals surface area contributed by atoms with Gasteiger partial charge in [0.2, 0.25) is 5.56 Å². The van der Waals surface area contributed by atoms with E-state index < -0.39 is 6.17 Å². The zero-order chi connectivity index (χ0) is 22.4. The van der Waals surface area contributed by atoms with Crippen LogP contribution in [0.4, 0.5) is 10.2 Å². The summed E-state index contributed by atoms with van der Waals surface area (Å²) in [7, 11) is 1.86. The molecule has 2 aliphatic rings. The molecule has 2 unspecified atom stereocenters. The molecule has 0 spiro atoms. The molecule has 2 aliphatic heterocycles. The summed E-state index contributed by atoms with van der Waals surface area (Å²) >= 11 is 0. The Morgan fingerprint density at radius 3 is 2.69 bits per heavy atom. The van der Waals surface area contributed by atoms with Crippen LogP contribution in [0.25, 0.3) is 22.4 Å². The van der Waals surface area contributed by atoms with Crippen molar-refractivity contribution in [3.63, 3.8) is 0 Å². The molecule has 1 aromatic carbocycles. The van der Waals surface area contributed by atoms with Crippen molar-refractivity contribution >= 4 is 5.82 Å². The highest BCUT2D eigenvalue weighted by atomic mass is 19.1. The van der Waals surface area contributed by atoms with Gasteiger partial charge < -0.3 is 20.3 Å². The van der Waals surface area contributed by atoms with Gasteiger partial charge in [-0.05, 0) is 55.5 Å². The van der Waals surface area contributed by atoms with E-state index in [-0.39, 0.29) is 23.4 Å². The fourth-order valence-corrected chi connectivity index (χ4v) is 4.94. The number of anilines is 1. The lowest BCUT2D eigenvalue weighted by atomic mass is 9.96. The summed E-state index contributed by atoms with van der Waals surface area (Å²) in [6.45, 7) is 1.81. The van der Waals surface area contributed by atoms with Crippen LogP contribution in [0.15, 0.2) is 47.5 Å². The number of aryl methyl sites for hydroxylation is 1. The molecule has 0 radical (unpaired) electrons. The van der Waals surface area contributed by atoms with E-state index >= 15 is 0 Å². The number of halogens is 1. The van der Waals surface area contributed by atoms with Crippen molar-refractivity contribution in [2.45, 2.75) is 50.5 Å². The predicted molar refractivity (Wildman–Crippen MR) is 122 cm³/mol. The molecule has 3 N–H and O–H groups in total. The second-order valence-electron chi connectivity index (χ2n) is 8.81. The van der Waals surface area contributed by atoms with Gasteiger partial charge in [0.1, 0.15) is 17.7 Å². The summed E-state index contributed by atoms with van der Waals surface area (Å²) in [6, 6.07) is 8.63. The smallest absolute Gasteiger partial charge is 0.248 e. The largest absolute Gasteiger partial charge is 0.507 e. The summed E-state index contributed by atoms with van der Waals surface area (Å²) in [6.07, 6.45) is 4.94. The van der Waals surface area contributed by atoms with E-state index in [1.54, 1.807) is 24.5 Å². The molecule has 2 bridgehead atoms. The van der Waals surface area contributed by atoms with Crippen LogP contribution in [0.1, 0.15) is 25.0 Å². The van der Waals surface area contributed by atoms with Crippen LogP contribution in [0.2, 0.25) is 0 Å². The summed E-state index contributed by atoms with van der Waals surface area (Å²) in [4.78, 5) is 25.3. The zero-order valence-corrected chi connectivity index (χ0v) is 18.0. The molecule has 0 aliphatic carbocycles. The van der Waals surface area contributed by atoms with E-state index in [2.05, 4.69) is 20.3 Å². The average Bonchev–Trinajstić information content (AvgIpc) is 3.19. The first-order valence-corrected chi connectivity index (χ1v) is 10.9. The van der Waals surface area contributed by atoms with Gasteiger partial charge in [-0.25, -0.2) is 9.37 Å². The lowest BCUT2D eigenvalue weighted by Crippen LogP contribution is -2.55. The predicted octanol–water partition coefficient (Wildman–Crippen LogP) is 3.18. The summed E-state index contributed by atoms with van der Waals surface area (Å²) in [5, 5.41) is 14.0. The van der Waals surface area contributed by atoms with Gasteiger partial charge >= 0.3 is 0 Å². The number of pyridine rings is 1. The number of nitrogens with one attached hydrogen (secondary N) is 2. The third-order valence-electron chi connectivity index (χ3n) is 6.64. The van der Waals surface area contributed by atoms with Crippen LogP contribution in [0.5, 0.6) is 5.75 Å². The van der Waals surface area contributed by atoms with Gasteiger partial charge in [0.05, 0.1) is 24.1 Å². The number of fused-ring (bicyclic) bond motifs is 2. The fraction of sp³-hybridized carbons (Fsp3) is 0.375. The quantitative estimate of drug-likeness (QED) is 0.583. The topological polar surface area (TPSA) is 94.1 Å². The number of hydrogen-bond acceptors (Lipinski definition) is 6. The molecule has 2 saturated heterocycles. The molecule has 4 heterocycles. The first-order chi connectivity index (χ1) is 15.4. The molecule has 2 fully saturated rings. The number of aromatic nitrogens is 3. The molecule has 4 atom stereocenters. The second kappa shape index (κ2) is 8.02. The van der Waals surface area contributed by atoms with E-state index in [0.717, 1.165) is 36.1 Å². The van der Waals surface area contributed by atoms with E-state index in [1.165, 1.54) is 6.07 Å². The molecular formula is C24H26FN5O2. The molecule has 5 rings (SSSR count). The van der Waals surface area contributed by atoms with Gasteiger partial charge in [-0.2, -0.15) is 0 Å². The Hall–Kier alpha value is -3.26. The van der Waals surface area contributed by atoms with E-state index in [1.807, 2.05) is 31.0 Å². The second-order valence-corrected chi connectivity index (χ2v) is 8.81. The van der Waals surface area contributed by atoms with Gasteiger partial charge in [0.25, 0.3) is 0 Å². The molecule has 3 aromatic rings. The van der Waals surface area contributed by atoms with Crippen molar-refractivity contribution in [1.29, 1.82) is 0 Å². The van der Waals surface area contributed by atoms with Gasteiger partial charge in [0.15, 0.2) is 0 Å². The summed E-state index contributed by atoms with van der Waals surface area (Å²) in [5.41, 5.74) is 3.09. The van der Waals surface area contributed by atoms with Crippen LogP contribution >= 0.6 is 0 Å². The fourth-order valence-electron chi connectivity index (χ4n) is 4.94. The van der Waals surface area contributed by atoms with Crippen LogP contribution < -0.4 is 15.8 Å². The Labute approximate surface area is 185 Å². The number of aromatic hydroxyl groups is 1. The standard InChI is InChI=1S/C24H26FN5O2/c1-13-7-15(9-23(32)28-13)14-3-5-17(21(31)8-14)19-11-27-22(12-26-19)30(2)20-10-16-4-6-18(29-16)24(20)25/h3,5,7-9,11-12,16,18,20,24,29,31H,4,6,10H2,1-2H3,(H,28,32)/t16?,18?,20-,24+/m1/s1. The van der Waals surface area contributed by atoms with Gasteiger partial charge in [-0.15, -0.1) is 0 Å². The molecule has 32 heavy (non-hydrogen) atoms. The zero-order valence-electron chi connectivity index (χ0n) is 18.0. The average molecular weight is 436 g/mol. The van der Waals surface area contributed by atoms with Crippen molar-refractivity contribution in [3.05, 3.63) is 58.8 Å². The number of hydrogen-bond donors (Lipinski definition) is 3. The number of alkyl halides is 1. The Balaban J connectivity index is 1.37. The van der Waals surface area contributed by atoms with E-state index in [9.17, 15) is 14.3 Å². The lowest BCUT2D eigenvalue weighted by Gasteiger charge is -2.38. The number of phenols is 1. The summed E-state index contributed by atoms with van der Waals surface area (Å²) < 4.78 is 14.9. The molecule has 7 nitrogen and oxygen atoms in total. The highest BCUT2D eigenvalue weighted by molar-refractivity contribution is 5.74. The highest BCUT2D eigenvalue weighted by Crippen LogP contribution is 2.35. The van der Waals surface area contributed by atoms with E-state index in [4.69, 9.17) is 0 Å². The lowest BCUT2D eigenvalue weighted by molar-refractivity contribution is 0.176. The number of H-pyrrole nitrogens is 1. The first kappa shape index (κ1) is 20.6. The number of aromatic amines is 1. The molecular weight excluding hydrogens is 409 g/mol. The number of nitrogens with zero attached hydrogens (tertiary/aromatic N) is 3. The van der Waals surface area contributed by atoms with Crippen molar-refractivity contribution < 1.29 is 9.50 Å². The molecule has 166 valence electrons. The number of benzene rings is 1. The normalized spacial score (nSPS) is 24.5. The van der Waals surface area contributed by atoms with Crippen molar-refractivity contribution in [2.24, 2.45) is 0 Å². The molecule has 8 heteroatoms. The molecule has 2 aromatic heterocycles. The minimum atomic E-state index is -0.939. The Bertz CT molecular complexity index is 1200. The van der Waals surface area contributed by atoms with Gasteiger partial charge in [-0.1, -0.05) is 6.07 Å². The van der Waals surface area contributed by atoms with Crippen LogP contribution in [0.3, 0.4) is 0 Å². The Morgan fingerprint density at radius 2 is 1.97 bits per heavy atom. The minimum absolute atomic E-state index is 0.0505. The maximum absolute atomic E-state index is 14.9. The molecule has 0 saturated carbocycles. The third-order valence-corrected chi connectivity index (χ3v) is 6.64. The Kier molecular flexibility index (Phi) is 5.17. The minimum Gasteiger partial charge on any atom is -0.507 e. The SMILES string of the molecule is Cc1cc(-c2ccc(-c3cnc(N(C)[C@@H]4CC5CCC(N5)[C@@H]4F)cn3)c(O)c2)cc(=O)[nH]1. The van der Waals surface area contributed by atoms with Gasteiger partial charge in [-0.3, -0.25) is 9.78 Å². The highest BCUT2D eigenvalue weighted by Gasteiger charge is 2.43. The molecule has 0 amide bonds. The first-order valence-electron chi connectivity index (χ1n) is 10.9. The third kappa shape index (κ3) is 3.75. The maximum Gasteiger partial charge on any atom is 0.248 e. The summed E-state index contributed by atoms with van der Waals surface area (Å²) in [5.74, 6) is 0.660. The van der Waals surface area contributed by atoms with Crippen LogP contribution in [-0.2, 0) is 0 Å². The van der Waals surface area contributed by atoms with Crippen molar-refractivity contribution in [2.75, 3.05) is 11.9 Å².